The Hall–Kier alpha value is -1.89. The number of piperidine rings is 1. The summed E-state index contributed by atoms with van der Waals surface area (Å²) >= 11 is 1.39. The first-order chi connectivity index (χ1) is 13.5. The average molecular weight is 404 g/mol. The zero-order chi connectivity index (χ0) is 19.8. The standard InChI is InChI=1S/C21H29N3O3S/c1-14-7-10-23(11-8-14)19(25)16-5-3-15(4-6-16)13-24-20(26)18-17(9-12-28-18)22(2)21(24)27/h9,12,14-16H,3-8,10-11,13H2,1-2H3. The summed E-state index contributed by atoms with van der Waals surface area (Å²) in [6.45, 7) is 4.51. The van der Waals surface area contributed by atoms with Gasteiger partial charge in [-0.2, -0.15) is 0 Å². The van der Waals surface area contributed by atoms with Crippen molar-refractivity contribution < 1.29 is 4.79 Å². The van der Waals surface area contributed by atoms with Gasteiger partial charge in [0.1, 0.15) is 4.70 Å². The Morgan fingerprint density at radius 3 is 2.46 bits per heavy atom. The quantitative estimate of drug-likeness (QED) is 0.792. The maximum Gasteiger partial charge on any atom is 0.331 e. The van der Waals surface area contributed by atoms with E-state index < -0.39 is 0 Å². The van der Waals surface area contributed by atoms with Crippen LogP contribution in [0.25, 0.3) is 10.2 Å². The van der Waals surface area contributed by atoms with Crippen molar-refractivity contribution in [2.24, 2.45) is 24.8 Å². The zero-order valence-electron chi connectivity index (χ0n) is 16.7. The second-order valence-corrected chi connectivity index (χ2v) is 9.53. The van der Waals surface area contributed by atoms with Crippen LogP contribution in [0.3, 0.4) is 0 Å². The number of amides is 1. The maximum atomic E-state index is 12.8. The van der Waals surface area contributed by atoms with Gasteiger partial charge in [-0.1, -0.05) is 6.92 Å². The Morgan fingerprint density at radius 1 is 1.11 bits per heavy atom. The summed E-state index contributed by atoms with van der Waals surface area (Å²) in [6, 6.07) is 1.82. The van der Waals surface area contributed by atoms with Gasteiger partial charge in [-0.15, -0.1) is 11.3 Å². The molecule has 1 saturated heterocycles. The van der Waals surface area contributed by atoms with Crippen LogP contribution < -0.4 is 11.2 Å². The highest BCUT2D eigenvalue weighted by Crippen LogP contribution is 2.32. The van der Waals surface area contributed by atoms with Crippen LogP contribution >= 0.6 is 11.3 Å². The summed E-state index contributed by atoms with van der Waals surface area (Å²) < 4.78 is 3.61. The van der Waals surface area contributed by atoms with Gasteiger partial charge >= 0.3 is 5.69 Å². The molecule has 0 spiro atoms. The fraction of sp³-hybridized carbons (Fsp3) is 0.667. The van der Waals surface area contributed by atoms with Gasteiger partial charge in [-0.05, 0) is 61.8 Å². The van der Waals surface area contributed by atoms with Crippen molar-refractivity contribution >= 4 is 27.5 Å². The van der Waals surface area contributed by atoms with E-state index in [1.54, 1.807) is 11.6 Å². The van der Waals surface area contributed by atoms with Crippen LogP contribution in [0.5, 0.6) is 0 Å². The molecule has 2 aromatic heterocycles. The molecule has 2 fully saturated rings. The lowest BCUT2D eigenvalue weighted by molar-refractivity contribution is -0.138. The first kappa shape index (κ1) is 19.4. The van der Waals surface area contributed by atoms with Crippen LogP contribution in [-0.2, 0) is 18.4 Å². The number of carbonyl (C=O) groups excluding carboxylic acids is 1. The van der Waals surface area contributed by atoms with E-state index in [1.165, 1.54) is 15.9 Å². The molecule has 1 amide bonds. The van der Waals surface area contributed by atoms with E-state index in [4.69, 9.17) is 0 Å². The Kier molecular flexibility index (Phi) is 5.45. The number of hydrogen-bond donors (Lipinski definition) is 0. The second-order valence-electron chi connectivity index (χ2n) is 8.62. The SMILES string of the molecule is CC1CCN(C(=O)C2CCC(Cn3c(=O)c4sccc4n(C)c3=O)CC2)CC1. The van der Waals surface area contributed by atoms with E-state index in [-0.39, 0.29) is 23.1 Å². The molecule has 152 valence electrons. The molecule has 0 atom stereocenters. The van der Waals surface area contributed by atoms with Gasteiger partial charge in [0.25, 0.3) is 5.56 Å². The van der Waals surface area contributed by atoms with Crippen LogP contribution in [0, 0.1) is 17.8 Å². The van der Waals surface area contributed by atoms with E-state index in [0.29, 0.717) is 22.7 Å². The van der Waals surface area contributed by atoms with Crippen LogP contribution in [0.1, 0.15) is 45.4 Å². The Morgan fingerprint density at radius 2 is 1.79 bits per heavy atom. The molecule has 0 bridgehead atoms. The Labute approximate surface area is 168 Å². The number of fused-ring (bicyclic) bond motifs is 1. The topological polar surface area (TPSA) is 64.3 Å². The maximum absolute atomic E-state index is 12.8. The molecule has 0 N–H and O–H groups in total. The van der Waals surface area contributed by atoms with E-state index in [2.05, 4.69) is 11.8 Å². The largest absolute Gasteiger partial charge is 0.342 e. The Balaban J connectivity index is 1.41. The molecule has 2 aliphatic rings. The highest BCUT2D eigenvalue weighted by molar-refractivity contribution is 7.17. The van der Waals surface area contributed by atoms with E-state index in [1.807, 2.05) is 11.4 Å². The molecule has 0 unspecified atom stereocenters. The van der Waals surface area contributed by atoms with E-state index in [9.17, 15) is 14.4 Å². The smallest absolute Gasteiger partial charge is 0.331 e. The van der Waals surface area contributed by atoms with Gasteiger partial charge in [-0.3, -0.25) is 18.7 Å². The molecule has 28 heavy (non-hydrogen) atoms. The van der Waals surface area contributed by atoms with Crippen molar-refractivity contribution in [2.75, 3.05) is 13.1 Å². The van der Waals surface area contributed by atoms with Crippen molar-refractivity contribution in [2.45, 2.75) is 52.0 Å². The van der Waals surface area contributed by atoms with Crippen LogP contribution in [0.4, 0.5) is 0 Å². The summed E-state index contributed by atoms with van der Waals surface area (Å²) in [7, 11) is 1.72. The highest BCUT2D eigenvalue weighted by Gasteiger charge is 2.31. The fourth-order valence-corrected chi connectivity index (χ4v) is 5.59. The molecule has 1 aliphatic heterocycles. The zero-order valence-corrected chi connectivity index (χ0v) is 17.5. The molecule has 7 heteroatoms. The number of likely N-dealkylation sites (tertiary alicyclic amines) is 1. The molecule has 1 aliphatic carbocycles. The lowest BCUT2D eigenvalue weighted by atomic mass is 9.81. The van der Waals surface area contributed by atoms with Gasteiger partial charge in [0.2, 0.25) is 5.91 Å². The minimum atomic E-state index is -0.239. The highest BCUT2D eigenvalue weighted by atomic mass is 32.1. The number of hydrogen-bond acceptors (Lipinski definition) is 4. The molecular weight excluding hydrogens is 374 g/mol. The van der Waals surface area contributed by atoms with Crippen LogP contribution in [-0.4, -0.2) is 33.0 Å². The van der Waals surface area contributed by atoms with Gasteiger partial charge in [0, 0.05) is 32.6 Å². The third-order valence-electron chi connectivity index (χ3n) is 6.70. The normalized spacial score (nSPS) is 24.0. The van der Waals surface area contributed by atoms with Gasteiger partial charge in [0.05, 0.1) is 5.52 Å². The number of aryl methyl sites for hydroxylation is 1. The summed E-state index contributed by atoms with van der Waals surface area (Å²) in [5.41, 5.74) is 0.298. The molecule has 0 radical (unpaired) electrons. The molecule has 3 heterocycles. The fourth-order valence-electron chi connectivity index (χ4n) is 4.72. The van der Waals surface area contributed by atoms with Gasteiger partial charge < -0.3 is 4.90 Å². The average Bonchev–Trinajstić information content (AvgIpc) is 3.20. The number of thiophene rings is 1. The van der Waals surface area contributed by atoms with E-state index >= 15 is 0 Å². The van der Waals surface area contributed by atoms with Crippen molar-refractivity contribution in [3.8, 4) is 0 Å². The van der Waals surface area contributed by atoms with Crippen LogP contribution in [0.15, 0.2) is 21.0 Å². The predicted octanol–water partition coefficient (Wildman–Crippen LogP) is 2.83. The monoisotopic (exact) mass is 403 g/mol. The summed E-state index contributed by atoms with van der Waals surface area (Å²) in [6.07, 6.45) is 5.76. The third-order valence-corrected chi connectivity index (χ3v) is 7.59. The summed E-state index contributed by atoms with van der Waals surface area (Å²) in [5, 5.41) is 1.86. The third kappa shape index (κ3) is 3.56. The lowest BCUT2D eigenvalue weighted by Gasteiger charge is -2.35. The molecule has 0 aromatic carbocycles. The molecular formula is C21H29N3O3S. The van der Waals surface area contributed by atoms with Crippen molar-refractivity contribution in [3.05, 3.63) is 32.3 Å². The van der Waals surface area contributed by atoms with Gasteiger partial charge in [-0.25, -0.2) is 4.79 Å². The predicted molar refractivity (Wildman–Crippen MR) is 112 cm³/mol. The Bertz CT molecular complexity index is 973. The van der Waals surface area contributed by atoms with Gasteiger partial charge in [0.15, 0.2) is 0 Å². The van der Waals surface area contributed by atoms with Crippen molar-refractivity contribution in [1.82, 2.24) is 14.0 Å². The first-order valence-corrected chi connectivity index (χ1v) is 11.3. The number of nitrogens with zero attached hydrogens (tertiary/aromatic N) is 3. The minimum Gasteiger partial charge on any atom is -0.342 e. The summed E-state index contributed by atoms with van der Waals surface area (Å²) in [5.74, 6) is 1.44. The summed E-state index contributed by atoms with van der Waals surface area (Å²) in [4.78, 5) is 40.3. The lowest BCUT2D eigenvalue weighted by Crippen LogP contribution is -2.43. The number of carbonyl (C=O) groups is 1. The van der Waals surface area contributed by atoms with E-state index in [0.717, 1.165) is 57.5 Å². The number of rotatable bonds is 3. The minimum absolute atomic E-state index is 0.115. The van der Waals surface area contributed by atoms with Crippen molar-refractivity contribution in [1.29, 1.82) is 0 Å². The first-order valence-electron chi connectivity index (χ1n) is 10.4. The molecule has 1 saturated carbocycles. The molecule has 6 nitrogen and oxygen atoms in total. The van der Waals surface area contributed by atoms with Crippen molar-refractivity contribution in [3.63, 3.8) is 0 Å². The second kappa shape index (κ2) is 7.85. The number of aromatic nitrogens is 2. The molecule has 4 rings (SSSR count). The van der Waals surface area contributed by atoms with Crippen LogP contribution in [0.2, 0.25) is 0 Å². The molecule has 2 aromatic rings.